The molecule has 5 aromatic rings. The number of amides is 3. The number of carbonyl (C=O) groups excluding carboxylic acids is 2. The van der Waals surface area contributed by atoms with E-state index in [0.717, 1.165) is 45.5 Å². The first-order valence-corrected chi connectivity index (χ1v) is 14.3. The van der Waals surface area contributed by atoms with Gasteiger partial charge in [0.15, 0.2) is 0 Å². The van der Waals surface area contributed by atoms with Crippen molar-refractivity contribution in [3.8, 4) is 11.1 Å². The van der Waals surface area contributed by atoms with Crippen LogP contribution in [0.25, 0.3) is 11.1 Å². The van der Waals surface area contributed by atoms with Crippen molar-refractivity contribution in [1.29, 1.82) is 0 Å². The Hall–Kier alpha value is -5.44. The zero-order valence-corrected chi connectivity index (χ0v) is 24.5. The summed E-state index contributed by atoms with van der Waals surface area (Å²) in [5.41, 5.74) is 5.84. The second kappa shape index (κ2) is 13.9. The number of hydrogen-bond acceptors (Lipinski definition) is 3. The second-order valence-corrected chi connectivity index (χ2v) is 10.7. The largest absolute Gasteiger partial charge is 0.416 e. The smallest absolute Gasteiger partial charge is 0.348 e. The third-order valence-electron chi connectivity index (χ3n) is 7.23. The molecule has 2 N–H and O–H groups in total. The highest BCUT2D eigenvalue weighted by molar-refractivity contribution is 5.94. The van der Waals surface area contributed by atoms with E-state index in [1.807, 2.05) is 73.7 Å². The summed E-state index contributed by atoms with van der Waals surface area (Å²) in [4.78, 5) is 31.4. The molecule has 3 amide bonds. The number of anilines is 1. The molecular formula is C36H31F3N4O2. The number of aryl methyl sites for hydroxylation is 1. The topological polar surface area (TPSA) is 74.3 Å². The molecule has 0 unspecified atom stereocenters. The Kier molecular flexibility index (Phi) is 9.57. The third-order valence-corrected chi connectivity index (χ3v) is 7.23. The van der Waals surface area contributed by atoms with Crippen LogP contribution in [0.4, 0.5) is 23.7 Å². The SMILES string of the molecule is Cc1ccc(C(=O)NCc2ccc(-c3ccc(CN(Cc4cccnc4)C(=O)Nc4ccc(C(F)(F)F)cc4)cc3)cc2)cc1. The number of nitrogens with one attached hydrogen (secondary N) is 2. The Morgan fingerprint density at radius 2 is 1.33 bits per heavy atom. The van der Waals surface area contributed by atoms with Crippen molar-refractivity contribution in [3.05, 3.63) is 155 Å². The first-order valence-electron chi connectivity index (χ1n) is 14.3. The Morgan fingerprint density at radius 3 is 1.91 bits per heavy atom. The zero-order valence-electron chi connectivity index (χ0n) is 24.5. The fraction of sp³-hybridized carbons (Fsp3) is 0.139. The van der Waals surface area contributed by atoms with Crippen LogP contribution in [-0.4, -0.2) is 21.8 Å². The molecule has 5 rings (SSSR count). The summed E-state index contributed by atoms with van der Waals surface area (Å²) in [5, 5.41) is 5.65. The van der Waals surface area contributed by atoms with Crippen LogP contribution in [0, 0.1) is 6.92 Å². The number of hydrogen-bond donors (Lipinski definition) is 2. The number of aromatic nitrogens is 1. The molecule has 0 fully saturated rings. The molecule has 0 radical (unpaired) electrons. The van der Waals surface area contributed by atoms with Gasteiger partial charge in [0, 0.05) is 43.3 Å². The maximum Gasteiger partial charge on any atom is 0.416 e. The molecule has 0 atom stereocenters. The number of nitrogens with zero attached hydrogens (tertiary/aromatic N) is 2. The van der Waals surface area contributed by atoms with Gasteiger partial charge in [-0.15, -0.1) is 0 Å². The molecule has 228 valence electrons. The van der Waals surface area contributed by atoms with Crippen molar-refractivity contribution in [2.24, 2.45) is 0 Å². The molecule has 0 aliphatic heterocycles. The summed E-state index contributed by atoms with van der Waals surface area (Å²) in [6, 6.07) is 30.7. The average Bonchev–Trinajstić information content (AvgIpc) is 3.04. The van der Waals surface area contributed by atoms with Crippen LogP contribution in [0.1, 0.15) is 38.2 Å². The van der Waals surface area contributed by atoms with E-state index in [0.29, 0.717) is 12.1 Å². The van der Waals surface area contributed by atoms with Crippen LogP contribution in [0.5, 0.6) is 0 Å². The highest BCUT2D eigenvalue weighted by atomic mass is 19.4. The van der Waals surface area contributed by atoms with E-state index >= 15 is 0 Å². The van der Waals surface area contributed by atoms with Crippen molar-refractivity contribution < 1.29 is 22.8 Å². The van der Waals surface area contributed by atoms with Crippen molar-refractivity contribution >= 4 is 17.6 Å². The van der Waals surface area contributed by atoms with Crippen LogP contribution >= 0.6 is 0 Å². The minimum Gasteiger partial charge on any atom is -0.348 e. The molecule has 0 saturated carbocycles. The summed E-state index contributed by atoms with van der Waals surface area (Å²) < 4.78 is 38.9. The van der Waals surface area contributed by atoms with Gasteiger partial charge in [-0.3, -0.25) is 9.78 Å². The van der Waals surface area contributed by atoms with Crippen LogP contribution in [0.15, 0.2) is 122 Å². The Morgan fingerprint density at radius 1 is 0.733 bits per heavy atom. The van der Waals surface area contributed by atoms with Crippen molar-refractivity contribution in [2.45, 2.75) is 32.7 Å². The van der Waals surface area contributed by atoms with Gasteiger partial charge in [-0.1, -0.05) is 72.3 Å². The van der Waals surface area contributed by atoms with Gasteiger partial charge in [0.1, 0.15) is 0 Å². The first-order chi connectivity index (χ1) is 21.6. The first kappa shape index (κ1) is 31.0. The lowest BCUT2D eigenvalue weighted by Gasteiger charge is -2.23. The standard InChI is InChI=1S/C36H31F3N4O2/c1-25-4-10-31(11-5-25)34(44)41-22-26-6-12-29(13-7-26)30-14-8-27(9-15-30)23-43(24-28-3-2-20-40-21-28)35(45)42-33-18-16-32(17-19-33)36(37,38)39/h2-21H,22-24H2,1H3,(H,41,44)(H,42,45). The molecule has 0 aliphatic rings. The molecule has 9 heteroatoms. The summed E-state index contributed by atoms with van der Waals surface area (Å²) in [6.45, 7) is 2.91. The van der Waals surface area contributed by atoms with Gasteiger partial charge in [-0.2, -0.15) is 13.2 Å². The Labute approximate surface area is 259 Å². The van der Waals surface area contributed by atoms with E-state index in [-0.39, 0.29) is 24.7 Å². The average molecular weight is 609 g/mol. The minimum atomic E-state index is -4.46. The predicted molar refractivity (Wildman–Crippen MR) is 168 cm³/mol. The van der Waals surface area contributed by atoms with Gasteiger partial charge in [0.2, 0.25) is 0 Å². The number of carbonyl (C=O) groups is 2. The molecule has 4 aromatic carbocycles. The van der Waals surface area contributed by atoms with E-state index in [1.54, 1.807) is 35.5 Å². The molecule has 6 nitrogen and oxygen atoms in total. The van der Waals surface area contributed by atoms with E-state index < -0.39 is 17.8 Å². The molecular weight excluding hydrogens is 577 g/mol. The highest BCUT2D eigenvalue weighted by Crippen LogP contribution is 2.30. The van der Waals surface area contributed by atoms with E-state index in [2.05, 4.69) is 15.6 Å². The molecule has 0 saturated heterocycles. The lowest BCUT2D eigenvalue weighted by Crippen LogP contribution is -2.34. The molecule has 0 aliphatic carbocycles. The minimum absolute atomic E-state index is 0.125. The van der Waals surface area contributed by atoms with Gasteiger partial charge in [0.25, 0.3) is 5.91 Å². The maximum absolute atomic E-state index is 13.3. The van der Waals surface area contributed by atoms with E-state index in [9.17, 15) is 22.8 Å². The quantitative estimate of drug-likeness (QED) is 0.177. The summed E-state index contributed by atoms with van der Waals surface area (Å²) in [6.07, 6.45) is -1.15. The van der Waals surface area contributed by atoms with E-state index in [4.69, 9.17) is 0 Å². The Bertz CT molecular complexity index is 1720. The summed E-state index contributed by atoms with van der Waals surface area (Å²) in [7, 11) is 0. The van der Waals surface area contributed by atoms with Crippen molar-refractivity contribution in [2.75, 3.05) is 5.32 Å². The Balaban J connectivity index is 1.23. The lowest BCUT2D eigenvalue weighted by molar-refractivity contribution is -0.137. The van der Waals surface area contributed by atoms with Crippen LogP contribution in [-0.2, 0) is 25.8 Å². The number of benzene rings is 4. The summed E-state index contributed by atoms with van der Waals surface area (Å²) >= 11 is 0. The molecule has 1 aromatic heterocycles. The molecule has 0 spiro atoms. The van der Waals surface area contributed by atoms with Crippen LogP contribution in [0.3, 0.4) is 0 Å². The fourth-order valence-corrected chi connectivity index (χ4v) is 4.68. The fourth-order valence-electron chi connectivity index (χ4n) is 4.68. The normalized spacial score (nSPS) is 11.1. The molecule has 0 bridgehead atoms. The summed E-state index contributed by atoms with van der Waals surface area (Å²) in [5.74, 6) is -0.125. The number of halogens is 3. The zero-order chi connectivity index (χ0) is 31.8. The molecule has 45 heavy (non-hydrogen) atoms. The van der Waals surface area contributed by atoms with Crippen LogP contribution in [0.2, 0.25) is 0 Å². The van der Waals surface area contributed by atoms with Gasteiger partial charge >= 0.3 is 12.2 Å². The number of pyridine rings is 1. The van der Waals surface area contributed by atoms with Gasteiger partial charge in [-0.25, -0.2) is 4.79 Å². The number of urea groups is 1. The third kappa shape index (κ3) is 8.57. The molecule has 1 heterocycles. The van der Waals surface area contributed by atoms with Gasteiger partial charge < -0.3 is 15.5 Å². The second-order valence-electron chi connectivity index (χ2n) is 10.7. The van der Waals surface area contributed by atoms with Gasteiger partial charge in [0.05, 0.1) is 5.56 Å². The number of rotatable bonds is 9. The predicted octanol–water partition coefficient (Wildman–Crippen LogP) is 8.24. The van der Waals surface area contributed by atoms with E-state index in [1.165, 1.54) is 12.1 Å². The maximum atomic E-state index is 13.3. The van der Waals surface area contributed by atoms with Gasteiger partial charge in [-0.05, 0) is 77.2 Å². The monoisotopic (exact) mass is 608 g/mol. The number of alkyl halides is 3. The van der Waals surface area contributed by atoms with Crippen molar-refractivity contribution in [3.63, 3.8) is 0 Å². The van der Waals surface area contributed by atoms with Crippen LogP contribution < -0.4 is 10.6 Å². The highest BCUT2D eigenvalue weighted by Gasteiger charge is 2.30. The van der Waals surface area contributed by atoms with Crippen molar-refractivity contribution in [1.82, 2.24) is 15.2 Å². The lowest BCUT2D eigenvalue weighted by atomic mass is 10.0.